The van der Waals surface area contributed by atoms with Crippen molar-refractivity contribution in [1.29, 1.82) is 0 Å². The third-order valence-electron chi connectivity index (χ3n) is 8.88. The smallest absolute Gasteiger partial charge is 0.319 e. The van der Waals surface area contributed by atoms with E-state index in [1.807, 2.05) is 30.3 Å². The molecule has 3 aromatic rings. The standard InChI is InChI=1S/C30H36N2O5/c1-34-25-14-23-22-9-11-32-17-20-13-21(10-12-37-18-19-7-5-4-6-8-19)28(32)30(16-20,29(33)36-3)27(22)31-24(23)15-26(25)35-2/h4-8,14-15,20-21,28,31H,9-13,16-18H2,1-3H3/t20-,21?,28?,30?/m1/s1. The molecular formula is C30H36N2O5. The van der Waals surface area contributed by atoms with E-state index < -0.39 is 5.41 Å². The van der Waals surface area contributed by atoms with Gasteiger partial charge in [0, 0.05) is 48.4 Å². The maximum atomic E-state index is 13.8. The van der Waals surface area contributed by atoms with Crippen LogP contribution in [-0.4, -0.2) is 62.9 Å². The van der Waals surface area contributed by atoms with Crippen molar-refractivity contribution in [3.8, 4) is 11.5 Å². The van der Waals surface area contributed by atoms with Gasteiger partial charge in [-0.2, -0.15) is 0 Å². The van der Waals surface area contributed by atoms with E-state index in [4.69, 9.17) is 18.9 Å². The van der Waals surface area contributed by atoms with Gasteiger partial charge >= 0.3 is 5.97 Å². The first-order chi connectivity index (χ1) is 18.1. The van der Waals surface area contributed by atoms with Gasteiger partial charge in [-0.3, -0.25) is 9.69 Å². The summed E-state index contributed by atoms with van der Waals surface area (Å²) in [4.78, 5) is 20.1. The van der Waals surface area contributed by atoms with Crippen LogP contribution in [0.4, 0.5) is 0 Å². The SMILES string of the molecule is COC(=O)C12C[C@H]3CC(CCOCc4ccccc4)C1N(CCc1c2[nH]c2cc(OC)c(OC)cc12)C3. The van der Waals surface area contributed by atoms with E-state index in [1.54, 1.807) is 14.2 Å². The van der Waals surface area contributed by atoms with E-state index >= 15 is 0 Å². The molecule has 0 amide bonds. The van der Waals surface area contributed by atoms with Crippen LogP contribution in [0.3, 0.4) is 0 Å². The number of fused-ring (bicyclic) bond motifs is 4. The Bertz CT molecular complexity index is 1290. The lowest BCUT2D eigenvalue weighted by Crippen LogP contribution is -2.67. The summed E-state index contributed by atoms with van der Waals surface area (Å²) in [5.41, 5.74) is 3.67. The van der Waals surface area contributed by atoms with E-state index in [2.05, 4.69) is 22.0 Å². The van der Waals surface area contributed by atoms with Crippen molar-refractivity contribution in [3.05, 3.63) is 59.3 Å². The lowest BCUT2D eigenvalue weighted by Gasteiger charge is -2.58. The number of piperidine rings is 2. The number of hydrogen-bond donors (Lipinski definition) is 1. The second-order valence-corrected chi connectivity index (χ2v) is 10.8. The van der Waals surface area contributed by atoms with Crippen molar-refractivity contribution in [2.24, 2.45) is 11.8 Å². The number of hydrogen-bond acceptors (Lipinski definition) is 6. The first kappa shape index (κ1) is 24.3. The van der Waals surface area contributed by atoms with Crippen molar-refractivity contribution in [2.45, 2.75) is 43.7 Å². The first-order valence-corrected chi connectivity index (χ1v) is 13.3. The zero-order valence-electron chi connectivity index (χ0n) is 21.9. The van der Waals surface area contributed by atoms with Crippen molar-refractivity contribution < 1.29 is 23.7 Å². The van der Waals surface area contributed by atoms with Crippen molar-refractivity contribution in [1.82, 2.24) is 9.88 Å². The summed E-state index contributed by atoms with van der Waals surface area (Å²) in [6.07, 6.45) is 3.76. The number of ether oxygens (including phenoxy) is 4. The molecule has 4 aliphatic rings. The fraction of sp³-hybridized carbons (Fsp3) is 0.500. The molecule has 7 heteroatoms. The van der Waals surface area contributed by atoms with Gasteiger partial charge in [0.2, 0.25) is 0 Å². The third kappa shape index (κ3) is 3.91. The van der Waals surface area contributed by atoms with Gasteiger partial charge in [0.1, 0.15) is 5.41 Å². The number of nitrogens with zero attached hydrogens (tertiary/aromatic N) is 1. The van der Waals surface area contributed by atoms with Crippen LogP contribution in [0.25, 0.3) is 10.9 Å². The second-order valence-electron chi connectivity index (χ2n) is 10.8. The van der Waals surface area contributed by atoms with Gasteiger partial charge < -0.3 is 23.9 Å². The largest absolute Gasteiger partial charge is 0.493 e. The third-order valence-corrected chi connectivity index (χ3v) is 8.88. The number of H-pyrrole nitrogens is 1. The Balaban J connectivity index is 1.36. The maximum Gasteiger partial charge on any atom is 0.319 e. The van der Waals surface area contributed by atoms with Crippen LogP contribution in [0.15, 0.2) is 42.5 Å². The fourth-order valence-corrected chi connectivity index (χ4v) is 7.53. The minimum absolute atomic E-state index is 0.0865. The minimum Gasteiger partial charge on any atom is -0.493 e. The lowest BCUT2D eigenvalue weighted by atomic mass is 9.56. The van der Waals surface area contributed by atoms with Gasteiger partial charge in [0.25, 0.3) is 0 Å². The maximum absolute atomic E-state index is 13.8. The Morgan fingerprint density at radius 2 is 1.89 bits per heavy atom. The summed E-state index contributed by atoms with van der Waals surface area (Å²) in [5.74, 6) is 2.06. The number of rotatable bonds is 8. The molecule has 3 fully saturated rings. The topological polar surface area (TPSA) is 73.0 Å². The molecule has 1 saturated carbocycles. The number of aromatic amines is 1. The number of esters is 1. The summed E-state index contributed by atoms with van der Waals surface area (Å²) < 4.78 is 22.9. The summed E-state index contributed by atoms with van der Waals surface area (Å²) in [6, 6.07) is 14.4. The van der Waals surface area contributed by atoms with Crippen LogP contribution in [0.1, 0.15) is 36.1 Å². The number of carbonyl (C=O) groups excluding carboxylic acids is 1. The van der Waals surface area contributed by atoms with Crippen LogP contribution in [0.2, 0.25) is 0 Å². The van der Waals surface area contributed by atoms with Crippen LogP contribution >= 0.6 is 0 Å². The predicted molar refractivity (Wildman–Crippen MR) is 141 cm³/mol. The molecule has 2 aromatic carbocycles. The molecule has 4 bridgehead atoms. The van der Waals surface area contributed by atoms with Crippen molar-refractivity contribution in [3.63, 3.8) is 0 Å². The molecule has 5 atom stereocenters. The highest BCUT2D eigenvalue weighted by molar-refractivity contribution is 5.93. The van der Waals surface area contributed by atoms with E-state index in [1.165, 1.54) is 18.2 Å². The monoisotopic (exact) mass is 504 g/mol. The molecule has 4 unspecified atom stereocenters. The second kappa shape index (κ2) is 9.69. The van der Waals surface area contributed by atoms with Gasteiger partial charge in [-0.05, 0) is 54.7 Å². The average molecular weight is 505 g/mol. The van der Waals surface area contributed by atoms with Crippen molar-refractivity contribution >= 4 is 16.9 Å². The Kier molecular flexibility index (Phi) is 6.37. The first-order valence-electron chi connectivity index (χ1n) is 13.3. The van der Waals surface area contributed by atoms with Crippen LogP contribution in [-0.2, 0) is 32.7 Å². The Hall–Kier alpha value is -3.03. The minimum atomic E-state index is -0.717. The van der Waals surface area contributed by atoms with E-state index in [-0.39, 0.29) is 12.0 Å². The number of benzene rings is 2. The number of methoxy groups -OCH3 is 3. The highest BCUT2D eigenvalue weighted by Gasteiger charge is 2.62. The van der Waals surface area contributed by atoms with Crippen LogP contribution in [0, 0.1) is 11.8 Å². The molecule has 3 aliphatic heterocycles. The molecule has 0 spiro atoms. The molecular weight excluding hydrogens is 468 g/mol. The quantitative estimate of drug-likeness (QED) is 0.361. The number of aromatic nitrogens is 1. The summed E-state index contributed by atoms with van der Waals surface area (Å²) in [5, 5.41) is 1.10. The molecule has 2 saturated heterocycles. The molecule has 4 heterocycles. The highest BCUT2D eigenvalue weighted by atomic mass is 16.5. The van der Waals surface area contributed by atoms with Gasteiger partial charge in [-0.25, -0.2) is 0 Å². The van der Waals surface area contributed by atoms with Gasteiger partial charge in [0.15, 0.2) is 11.5 Å². The molecule has 1 aliphatic carbocycles. The zero-order chi connectivity index (χ0) is 25.6. The predicted octanol–water partition coefficient (Wildman–Crippen LogP) is 4.47. The van der Waals surface area contributed by atoms with Crippen molar-refractivity contribution in [2.75, 3.05) is 41.0 Å². The normalized spacial score (nSPS) is 28.0. The summed E-state index contributed by atoms with van der Waals surface area (Å²) in [7, 11) is 4.84. The van der Waals surface area contributed by atoms with Gasteiger partial charge in [-0.15, -0.1) is 0 Å². The lowest BCUT2D eigenvalue weighted by molar-refractivity contribution is -0.163. The molecule has 1 N–H and O–H groups in total. The Labute approximate surface area is 218 Å². The van der Waals surface area contributed by atoms with Crippen LogP contribution in [0.5, 0.6) is 11.5 Å². The fourth-order valence-electron chi connectivity index (χ4n) is 7.53. The van der Waals surface area contributed by atoms with E-state index in [0.29, 0.717) is 36.5 Å². The van der Waals surface area contributed by atoms with Gasteiger partial charge in [-0.1, -0.05) is 30.3 Å². The number of nitrogens with one attached hydrogen (secondary N) is 1. The Morgan fingerprint density at radius 1 is 1.11 bits per heavy atom. The number of carbonyl (C=O) groups is 1. The molecule has 196 valence electrons. The summed E-state index contributed by atoms with van der Waals surface area (Å²) >= 11 is 0. The zero-order valence-corrected chi connectivity index (χ0v) is 21.9. The highest BCUT2D eigenvalue weighted by Crippen LogP contribution is 2.55. The summed E-state index contributed by atoms with van der Waals surface area (Å²) in [6.45, 7) is 3.27. The van der Waals surface area contributed by atoms with E-state index in [9.17, 15) is 4.79 Å². The Morgan fingerprint density at radius 3 is 2.65 bits per heavy atom. The molecule has 37 heavy (non-hydrogen) atoms. The molecule has 7 nitrogen and oxygen atoms in total. The van der Waals surface area contributed by atoms with E-state index in [0.717, 1.165) is 55.4 Å². The molecule has 1 aromatic heterocycles. The van der Waals surface area contributed by atoms with Crippen LogP contribution < -0.4 is 9.47 Å². The molecule has 0 radical (unpaired) electrons. The van der Waals surface area contributed by atoms with Gasteiger partial charge in [0.05, 0.1) is 27.9 Å². The average Bonchev–Trinajstić information content (AvgIpc) is 3.26. The molecule has 7 rings (SSSR count).